The second kappa shape index (κ2) is 9.31. The molecule has 4 rings (SSSR count). The zero-order chi connectivity index (χ0) is 22.8. The Kier molecular flexibility index (Phi) is 6.49. The van der Waals surface area contributed by atoms with Crippen molar-refractivity contribution in [2.45, 2.75) is 39.2 Å². The van der Waals surface area contributed by atoms with Crippen LogP contribution in [0.1, 0.15) is 43.4 Å². The number of ether oxygens (including phenoxy) is 4. The van der Waals surface area contributed by atoms with Gasteiger partial charge in [0, 0.05) is 6.42 Å². The van der Waals surface area contributed by atoms with E-state index in [1.54, 1.807) is 28.4 Å². The molecule has 0 aromatic heterocycles. The first kappa shape index (κ1) is 22.3. The van der Waals surface area contributed by atoms with Crippen LogP contribution in [-0.4, -0.2) is 63.0 Å². The minimum Gasteiger partial charge on any atom is -0.493 e. The minimum absolute atomic E-state index is 0.534. The topological polar surface area (TPSA) is 43.2 Å². The highest BCUT2D eigenvalue weighted by molar-refractivity contribution is 6.11. The Morgan fingerprint density at radius 2 is 1.53 bits per heavy atom. The van der Waals surface area contributed by atoms with E-state index >= 15 is 0 Å². The maximum absolute atomic E-state index is 5.67. The molecule has 0 unspecified atom stereocenters. The molecule has 2 aliphatic heterocycles. The third-order valence-electron chi connectivity index (χ3n) is 6.72. The minimum atomic E-state index is 0.534. The molecule has 0 radical (unpaired) electrons. The smallest absolute Gasteiger partial charge is 0.244 e. The summed E-state index contributed by atoms with van der Waals surface area (Å²) in [4.78, 5) is 0. The van der Waals surface area contributed by atoms with E-state index in [-0.39, 0.29) is 0 Å². The molecule has 0 saturated carbocycles. The van der Waals surface area contributed by atoms with Gasteiger partial charge in [-0.3, -0.25) is 0 Å². The Hall–Kier alpha value is -2.89. The third-order valence-corrected chi connectivity index (χ3v) is 6.72. The van der Waals surface area contributed by atoms with Crippen LogP contribution in [-0.2, 0) is 6.42 Å². The third kappa shape index (κ3) is 3.87. The van der Waals surface area contributed by atoms with Crippen molar-refractivity contribution in [3.8, 4) is 23.0 Å². The van der Waals surface area contributed by atoms with Gasteiger partial charge < -0.3 is 18.9 Å². The van der Waals surface area contributed by atoms with Crippen molar-refractivity contribution in [3.63, 3.8) is 0 Å². The Morgan fingerprint density at radius 1 is 0.875 bits per heavy atom. The molecular weight excluding hydrogens is 404 g/mol. The molecule has 2 aromatic carbocycles. The molecule has 6 nitrogen and oxygen atoms in total. The molecule has 2 aromatic rings. The summed E-state index contributed by atoms with van der Waals surface area (Å²) in [5.41, 5.74) is 4.73. The summed E-state index contributed by atoms with van der Waals surface area (Å²) in [5.74, 6) is 3.57. The van der Waals surface area contributed by atoms with E-state index in [0.29, 0.717) is 12.0 Å². The molecule has 6 heteroatoms. The van der Waals surface area contributed by atoms with E-state index in [4.69, 9.17) is 18.9 Å². The van der Waals surface area contributed by atoms with Gasteiger partial charge in [0.25, 0.3) is 0 Å². The lowest BCUT2D eigenvalue weighted by Gasteiger charge is -2.30. The zero-order valence-electron chi connectivity index (χ0n) is 20.1. The molecule has 0 N–H and O–H groups in total. The molecule has 2 heterocycles. The number of nitrogens with zero attached hydrogens (tertiary/aromatic N) is 2. The van der Waals surface area contributed by atoms with Gasteiger partial charge >= 0.3 is 0 Å². The summed E-state index contributed by atoms with van der Waals surface area (Å²) in [6.07, 6.45) is 3.40. The van der Waals surface area contributed by atoms with Crippen molar-refractivity contribution in [1.82, 2.24) is 5.01 Å². The number of hydrogen-bond acceptors (Lipinski definition) is 5. The fraction of sp³-hybridized carbons (Fsp3) is 0.500. The van der Waals surface area contributed by atoms with Gasteiger partial charge in [-0.2, -0.15) is 5.01 Å². The fourth-order valence-electron chi connectivity index (χ4n) is 5.12. The van der Waals surface area contributed by atoms with Crippen molar-refractivity contribution < 1.29 is 23.6 Å². The monoisotopic (exact) mass is 439 g/mol. The molecule has 1 atom stereocenters. The van der Waals surface area contributed by atoms with E-state index in [1.807, 2.05) is 6.07 Å². The lowest BCUT2D eigenvalue weighted by atomic mass is 9.92. The molecule has 0 amide bonds. The molecule has 1 saturated heterocycles. The summed E-state index contributed by atoms with van der Waals surface area (Å²) in [5, 5.41) is 2.58. The fourth-order valence-corrected chi connectivity index (χ4v) is 5.12. The Labute approximate surface area is 191 Å². The van der Waals surface area contributed by atoms with Crippen LogP contribution in [0.4, 0.5) is 0 Å². The van der Waals surface area contributed by atoms with Crippen LogP contribution in [0.2, 0.25) is 0 Å². The van der Waals surface area contributed by atoms with E-state index in [2.05, 4.69) is 47.8 Å². The van der Waals surface area contributed by atoms with E-state index < -0.39 is 0 Å². The molecular formula is C26H35N2O4+. The van der Waals surface area contributed by atoms with Crippen LogP contribution < -0.4 is 18.9 Å². The summed E-state index contributed by atoms with van der Waals surface area (Å²) in [7, 11) is 6.73. The van der Waals surface area contributed by atoms with Crippen LogP contribution in [0, 0.1) is 5.92 Å². The highest BCUT2D eigenvalue weighted by Crippen LogP contribution is 2.36. The summed E-state index contributed by atoms with van der Waals surface area (Å²) < 4.78 is 24.9. The second-order valence-corrected chi connectivity index (χ2v) is 8.77. The van der Waals surface area contributed by atoms with Gasteiger partial charge in [-0.15, -0.1) is 4.68 Å². The first-order valence-corrected chi connectivity index (χ1v) is 11.4. The zero-order valence-corrected chi connectivity index (χ0v) is 20.1. The van der Waals surface area contributed by atoms with Gasteiger partial charge in [-0.1, -0.05) is 13.8 Å². The SMILES string of the molecule is COc1ccc(C2=[N+](N3CCC[C@H]3C(C)C)CCc3cc(OC)c(OC)cc32)cc1OC. The van der Waals surface area contributed by atoms with Crippen LogP contribution in [0.5, 0.6) is 23.0 Å². The molecule has 32 heavy (non-hydrogen) atoms. The van der Waals surface area contributed by atoms with Crippen molar-refractivity contribution >= 4 is 5.71 Å². The van der Waals surface area contributed by atoms with Gasteiger partial charge in [0.2, 0.25) is 5.71 Å². The Balaban J connectivity index is 1.95. The number of benzene rings is 2. The summed E-state index contributed by atoms with van der Waals surface area (Å²) >= 11 is 0. The lowest BCUT2D eigenvalue weighted by Crippen LogP contribution is -2.47. The van der Waals surface area contributed by atoms with Crippen LogP contribution in [0.3, 0.4) is 0 Å². The van der Waals surface area contributed by atoms with Crippen molar-refractivity contribution in [2.24, 2.45) is 5.92 Å². The van der Waals surface area contributed by atoms with Gasteiger partial charge in [0.15, 0.2) is 29.5 Å². The van der Waals surface area contributed by atoms with Gasteiger partial charge in [-0.05, 0) is 54.7 Å². The molecule has 1 fully saturated rings. The van der Waals surface area contributed by atoms with Gasteiger partial charge in [0.1, 0.15) is 0 Å². The summed E-state index contributed by atoms with van der Waals surface area (Å²) in [6, 6.07) is 11.0. The second-order valence-electron chi connectivity index (χ2n) is 8.77. The highest BCUT2D eigenvalue weighted by atomic mass is 16.5. The van der Waals surface area contributed by atoms with E-state index in [0.717, 1.165) is 48.1 Å². The van der Waals surface area contributed by atoms with Crippen LogP contribution >= 0.6 is 0 Å². The molecule has 172 valence electrons. The lowest BCUT2D eigenvalue weighted by molar-refractivity contribution is -0.695. The van der Waals surface area contributed by atoms with Crippen molar-refractivity contribution in [3.05, 3.63) is 47.0 Å². The van der Waals surface area contributed by atoms with Gasteiger partial charge in [-0.25, -0.2) is 0 Å². The largest absolute Gasteiger partial charge is 0.493 e. The number of hydrazone groups is 1. The predicted molar refractivity (Wildman–Crippen MR) is 126 cm³/mol. The Bertz CT molecular complexity index is 1020. The van der Waals surface area contributed by atoms with Gasteiger partial charge in [0.05, 0.1) is 52.2 Å². The van der Waals surface area contributed by atoms with Crippen molar-refractivity contribution in [2.75, 3.05) is 41.5 Å². The predicted octanol–water partition coefficient (Wildman–Crippen LogP) is 4.16. The first-order valence-electron chi connectivity index (χ1n) is 11.4. The maximum Gasteiger partial charge on any atom is 0.244 e. The van der Waals surface area contributed by atoms with E-state index in [9.17, 15) is 0 Å². The number of hydrogen-bond donors (Lipinski definition) is 0. The maximum atomic E-state index is 5.67. The van der Waals surface area contributed by atoms with Crippen LogP contribution in [0.25, 0.3) is 0 Å². The van der Waals surface area contributed by atoms with Crippen molar-refractivity contribution in [1.29, 1.82) is 0 Å². The molecule has 0 bridgehead atoms. The number of fused-ring (bicyclic) bond motifs is 1. The first-order chi connectivity index (χ1) is 15.5. The number of methoxy groups -OCH3 is 4. The average molecular weight is 440 g/mol. The standard InChI is InChI=1S/C26H35N2O4/c1-17(2)21-8-7-12-27(21)28-13-11-18-14-24(31-5)25(32-6)16-20(18)26(28)19-9-10-22(29-3)23(15-19)30-4/h9-10,14-17,21H,7-8,11-13H2,1-6H3/q+1/t21-/m0/s1. The number of hydrazine groups is 1. The Morgan fingerprint density at radius 3 is 2.19 bits per heavy atom. The quantitative estimate of drug-likeness (QED) is 0.606. The summed E-state index contributed by atoms with van der Waals surface area (Å²) in [6.45, 7) is 6.65. The highest BCUT2D eigenvalue weighted by Gasteiger charge is 2.39. The van der Waals surface area contributed by atoms with Crippen LogP contribution in [0.15, 0.2) is 30.3 Å². The normalized spacial score (nSPS) is 18.1. The molecule has 0 aliphatic carbocycles. The molecule has 0 spiro atoms. The van der Waals surface area contributed by atoms with E-state index in [1.165, 1.54) is 29.7 Å². The number of rotatable bonds is 7. The average Bonchev–Trinajstić information content (AvgIpc) is 3.32. The molecule has 2 aliphatic rings.